The minimum atomic E-state index is -0.508. The molecule has 2 aromatic carbocycles. The summed E-state index contributed by atoms with van der Waals surface area (Å²) in [4.78, 5) is 37.8. The van der Waals surface area contributed by atoms with Gasteiger partial charge in [-0.05, 0) is 82.4 Å². The van der Waals surface area contributed by atoms with Gasteiger partial charge in [0.05, 0.1) is 4.91 Å². The summed E-state index contributed by atoms with van der Waals surface area (Å²) in [6.07, 6.45) is 1.56. The van der Waals surface area contributed by atoms with Crippen LogP contribution in [-0.2, 0) is 9.59 Å². The summed E-state index contributed by atoms with van der Waals surface area (Å²) in [6.45, 7) is -0.344. The predicted octanol–water partition coefficient (Wildman–Crippen LogP) is 3.67. The van der Waals surface area contributed by atoms with Crippen LogP contribution in [0.4, 0.5) is 10.5 Å². The van der Waals surface area contributed by atoms with E-state index in [0.29, 0.717) is 11.3 Å². The third-order valence-electron chi connectivity index (χ3n) is 3.49. The molecule has 2 N–H and O–H groups in total. The smallest absolute Gasteiger partial charge is 0.294 e. The van der Waals surface area contributed by atoms with Crippen molar-refractivity contribution in [3.8, 4) is 5.75 Å². The van der Waals surface area contributed by atoms with Gasteiger partial charge >= 0.3 is 0 Å². The van der Waals surface area contributed by atoms with E-state index in [1.54, 1.807) is 30.3 Å². The Bertz CT molecular complexity index is 894. The molecule has 3 amide bonds. The molecular weight excluding hydrogens is 467 g/mol. The van der Waals surface area contributed by atoms with Crippen LogP contribution in [0.15, 0.2) is 53.4 Å². The van der Waals surface area contributed by atoms with Gasteiger partial charge in [0.15, 0.2) is 0 Å². The maximum atomic E-state index is 12.4. The van der Waals surface area contributed by atoms with Crippen LogP contribution in [0, 0.1) is 3.57 Å². The molecule has 2 aromatic rings. The predicted molar refractivity (Wildman–Crippen MR) is 109 cm³/mol. The van der Waals surface area contributed by atoms with Crippen LogP contribution in [0.3, 0.4) is 0 Å². The third-order valence-corrected chi connectivity index (χ3v) is 5.12. The first-order valence-electron chi connectivity index (χ1n) is 7.52. The number of nitrogens with one attached hydrogen (secondary N) is 1. The van der Waals surface area contributed by atoms with Crippen molar-refractivity contribution in [2.24, 2.45) is 0 Å². The molecule has 0 unspecified atom stereocenters. The van der Waals surface area contributed by atoms with Gasteiger partial charge in [-0.15, -0.1) is 0 Å². The molecule has 8 heteroatoms. The number of phenols is 1. The Morgan fingerprint density at radius 2 is 1.77 bits per heavy atom. The maximum absolute atomic E-state index is 12.4. The van der Waals surface area contributed by atoms with Crippen LogP contribution in [0.1, 0.15) is 5.56 Å². The lowest BCUT2D eigenvalue weighted by atomic mass is 10.2. The Hall–Kier alpha value is -2.33. The Morgan fingerprint density at radius 3 is 2.42 bits per heavy atom. The van der Waals surface area contributed by atoms with Gasteiger partial charge < -0.3 is 10.4 Å². The molecule has 3 rings (SSSR count). The van der Waals surface area contributed by atoms with Crippen LogP contribution < -0.4 is 5.32 Å². The topological polar surface area (TPSA) is 86.7 Å². The van der Waals surface area contributed by atoms with Crippen molar-refractivity contribution in [1.29, 1.82) is 0 Å². The molecule has 0 bridgehead atoms. The number of imide groups is 1. The third kappa shape index (κ3) is 4.44. The average molecular weight is 480 g/mol. The molecule has 1 heterocycles. The van der Waals surface area contributed by atoms with Gasteiger partial charge in [0.1, 0.15) is 12.3 Å². The van der Waals surface area contributed by atoms with Crippen molar-refractivity contribution in [3.05, 3.63) is 62.6 Å². The number of amides is 3. The quantitative estimate of drug-likeness (QED) is 0.516. The molecule has 0 aromatic heterocycles. The number of nitrogens with zero attached hydrogens (tertiary/aromatic N) is 1. The Balaban J connectivity index is 1.67. The zero-order valence-electron chi connectivity index (χ0n) is 13.3. The van der Waals surface area contributed by atoms with Crippen molar-refractivity contribution in [2.45, 2.75) is 0 Å². The SMILES string of the molecule is O=C(CN1C(=O)S/C(=C/c2ccc(O)cc2)C1=O)Nc1ccc(I)cc1. The maximum Gasteiger partial charge on any atom is 0.294 e. The van der Waals surface area contributed by atoms with Crippen LogP contribution in [0.25, 0.3) is 6.08 Å². The van der Waals surface area contributed by atoms with Gasteiger partial charge in [0.25, 0.3) is 11.1 Å². The zero-order chi connectivity index (χ0) is 18.7. The summed E-state index contributed by atoms with van der Waals surface area (Å²) in [7, 11) is 0. The van der Waals surface area contributed by atoms with E-state index >= 15 is 0 Å². The van der Waals surface area contributed by atoms with Crippen molar-refractivity contribution in [1.82, 2.24) is 4.90 Å². The van der Waals surface area contributed by atoms with E-state index in [9.17, 15) is 19.5 Å². The highest BCUT2D eigenvalue weighted by molar-refractivity contribution is 14.1. The second-order valence-electron chi connectivity index (χ2n) is 5.41. The minimum absolute atomic E-state index is 0.113. The average Bonchev–Trinajstić information content (AvgIpc) is 2.86. The van der Waals surface area contributed by atoms with Crippen molar-refractivity contribution < 1.29 is 19.5 Å². The van der Waals surface area contributed by atoms with Crippen LogP contribution >= 0.6 is 34.4 Å². The number of anilines is 1. The Labute approximate surface area is 167 Å². The molecule has 1 fully saturated rings. The number of carbonyl (C=O) groups excluding carboxylic acids is 3. The molecule has 26 heavy (non-hydrogen) atoms. The zero-order valence-corrected chi connectivity index (χ0v) is 16.3. The summed E-state index contributed by atoms with van der Waals surface area (Å²) in [5.41, 5.74) is 1.28. The lowest BCUT2D eigenvalue weighted by Crippen LogP contribution is -2.36. The highest BCUT2D eigenvalue weighted by atomic mass is 127. The van der Waals surface area contributed by atoms with Gasteiger partial charge in [-0.2, -0.15) is 0 Å². The number of thioether (sulfide) groups is 1. The number of aromatic hydroxyl groups is 1. The van der Waals surface area contributed by atoms with E-state index in [2.05, 4.69) is 27.9 Å². The Morgan fingerprint density at radius 1 is 1.12 bits per heavy atom. The van der Waals surface area contributed by atoms with Crippen LogP contribution in [-0.4, -0.2) is 33.6 Å². The fourth-order valence-electron chi connectivity index (χ4n) is 2.24. The van der Waals surface area contributed by atoms with Gasteiger partial charge in [-0.25, -0.2) is 0 Å². The van der Waals surface area contributed by atoms with Gasteiger partial charge in [-0.1, -0.05) is 12.1 Å². The van der Waals surface area contributed by atoms with Gasteiger partial charge in [0, 0.05) is 9.26 Å². The fourth-order valence-corrected chi connectivity index (χ4v) is 3.43. The number of benzene rings is 2. The Kier molecular flexibility index (Phi) is 5.62. The highest BCUT2D eigenvalue weighted by Crippen LogP contribution is 2.32. The normalized spacial score (nSPS) is 15.6. The molecule has 1 saturated heterocycles. The number of carbonyl (C=O) groups is 3. The van der Waals surface area contributed by atoms with E-state index in [0.717, 1.165) is 20.2 Å². The van der Waals surface area contributed by atoms with E-state index in [1.165, 1.54) is 12.1 Å². The first-order valence-corrected chi connectivity index (χ1v) is 9.42. The van der Waals surface area contributed by atoms with Crippen molar-refractivity contribution in [3.63, 3.8) is 0 Å². The lowest BCUT2D eigenvalue weighted by molar-refractivity contribution is -0.127. The van der Waals surface area contributed by atoms with Gasteiger partial charge in [-0.3, -0.25) is 19.3 Å². The molecule has 1 aliphatic heterocycles. The first kappa shape index (κ1) is 18.5. The monoisotopic (exact) mass is 480 g/mol. The second kappa shape index (κ2) is 7.92. The second-order valence-corrected chi connectivity index (χ2v) is 7.65. The number of rotatable bonds is 4. The standard InChI is InChI=1S/C18H13IN2O4S/c19-12-3-5-13(6-4-12)20-16(23)10-21-17(24)15(26-18(21)25)9-11-1-7-14(22)8-2-11/h1-9,22H,10H2,(H,20,23)/b15-9+. The summed E-state index contributed by atoms with van der Waals surface area (Å²) in [5, 5.41) is 11.5. The van der Waals surface area contributed by atoms with Crippen molar-refractivity contribution in [2.75, 3.05) is 11.9 Å². The van der Waals surface area contributed by atoms with E-state index in [-0.39, 0.29) is 17.2 Å². The molecule has 0 saturated carbocycles. The van der Waals surface area contributed by atoms with E-state index in [1.807, 2.05) is 12.1 Å². The molecule has 0 spiro atoms. The molecule has 0 aliphatic carbocycles. The molecule has 6 nitrogen and oxygen atoms in total. The first-order chi connectivity index (χ1) is 12.4. The summed E-state index contributed by atoms with van der Waals surface area (Å²) >= 11 is 2.94. The van der Waals surface area contributed by atoms with Crippen molar-refractivity contribution >= 4 is 63.2 Å². The highest BCUT2D eigenvalue weighted by Gasteiger charge is 2.36. The molecule has 1 aliphatic rings. The van der Waals surface area contributed by atoms with Crippen LogP contribution in [0.5, 0.6) is 5.75 Å². The fraction of sp³-hybridized carbons (Fsp3) is 0.0556. The summed E-state index contributed by atoms with van der Waals surface area (Å²) < 4.78 is 1.03. The number of hydrogen-bond acceptors (Lipinski definition) is 5. The van der Waals surface area contributed by atoms with E-state index < -0.39 is 17.1 Å². The number of halogens is 1. The summed E-state index contributed by atoms with van der Waals surface area (Å²) in [6, 6.07) is 13.4. The molecule has 0 atom stereocenters. The molecular formula is C18H13IN2O4S. The number of phenolic OH excluding ortho intramolecular Hbond substituents is 1. The summed E-state index contributed by atoms with van der Waals surface area (Å²) in [5.74, 6) is -0.840. The number of hydrogen-bond donors (Lipinski definition) is 2. The lowest BCUT2D eigenvalue weighted by Gasteiger charge is -2.12. The molecule has 0 radical (unpaired) electrons. The molecule has 132 valence electrons. The minimum Gasteiger partial charge on any atom is -0.508 e. The van der Waals surface area contributed by atoms with E-state index in [4.69, 9.17) is 0 Å². The van der Waals surface area contributed by atoms with Crippen LogP contribution in [0.2, 0.25) is 0 Å². The van der Waals surface area contributed by atoms with Gasteiger partial charge in [0.2, 0.25) is 5.91 Å². The largest absolute Gasteiger partial charge is 0.508 e.